The molecule has 1 amide bonds. The van der Waals surface area contributed by atoms with Gasteiger partial charge in [-0.2, -0.15) is 0 Å². The maximum atomic E-state index is 13.6. The van der Waals surface area contributed by atoms with Crippen LogP contribution in [0.4, 0.5) is 5.69 Å². The van der Waals surface area contributed by atoms with E-state index in [1.165, 1.54) is 11.3 Å². The van der Waals surface area contributed by atoms with Crippen LogP contribution < -0.4 is 4.90 Å². The minimum Gasteiger partial charge on any atom is -0.393 e. The predicted molar refractivity (Wildman–Crippen MR) is 153 cm³/mol. The molecule has 202 valence electrons. The van der Waals surface area contributed by atoms with Crippen LogP contribution in [-0.4, -0.2) is 53.5 Å². The number of amides is 1. The molecule has 5 nitrogen and oxygen atoms in total. The van der Waals surface area contributed by atoms with Gasteiger partial charge in [0.2, 0.25) is 5.91 Å². The molecule has 1 N–H and O–H groups in total. The third-order valence-corrected chi connectivity index (χ3v) is 9.34. The topological polar surface area (TPSA) is 60.9 Å². The number of hydrogen-bond acceptors (Lipinski definition) is 4. The van der Waals surface area contributed by atoms with Gasteiger partial charge in [0.15, 0.2) is 5.78 Å². The number of aliphatic hydroxyl groups is 1. The van der Waals surface area contributed by atoms with E-state index in [0.29, 0.717) is 17.5 Å². The van der Waals surface area contributed by atoms with E-state index in [-0.39, 0.29) is 17.3 Å². The Labute approximate surface area is 227 Å². The van der Waals surface area contributed by atoms with Gasteiger partial charge in [-0.1, -0.05) is 42.8 Å². The number of rotatable bonds is 6. The van der Waals surface area contributed by atoms with Crippen molar-refractivity contribution >= 4 is 17.4 Å². The van der Waals surface area contributed by atoms with E-state index in [4.69, 9.17) is 0 Å². The summed E-state index contributed by atoms with van der Waals surface area (Å²) in [7, 11) is 0. The Morgan fingerprint density at radius 1 is 1.00 bits per heavy atom. The molecule has 2 heterocycles. The Kier molecular flexibility index (Phi) is 7.76. The zero-order valence-electron chi connectivity index (χ0n) is 23.2. The standard InChI is InChI=1S/C33H42N2O3/c1-4-23(2)20-31(37)27-7-5-6-25(21-27)26-9-8-24(3)30(22-26)34-17-14-33(15-18-34)16-19-35(32(33)38)28-10-12-29(36)13-11-28/h5-9,20-22,28-29,36H,4,10-19H2,1-3H3/b23-20+/t28-,29+. The fourth-order valence-corrected chi connectivity index (χ4v) is 6.60. The number of carbonyl (C=O) groups excluding carboxylic acids is 2. The van der Waals surface area contributed by atoms with Gasteiger partial charge in [0.1, 0.15) is 0 Å². The predicted octanol–water partition coefficient (Wildman–Crippen LogP) is 6.32. The van der Waals surface area contributed by atoms with Crippen LogP contribution in [0.15, 0.2) is 54.1 Å². The third kappa shape index (κ3) is 5.31. The summed E-state index contributed by atoms with van der Waals surface area (Å²) < 4.78 is 0. The number of benzene rings is 2. The van der Waals surface area contributed by atoms with Crippen LogP contribution in [0.2, 0.25) is 0 Å². The quantitative estimate of drug-likeness (QED) is 0.362. The van der Waals surface area contributed by atoms with Crippen molar-refractivity contribution in [1.82, 2.24) is 4.90 Å². The number of ketones is 1. The number of hydrogen-bond donors (Lipinski definition) is 1. The highest BCUT2D eigenvalue weighted by atomic mass is 16.3. The van der Waals surface area contributed by atoms with Crippen molar-refractivity contribution in [2.45, 2.75) is 84.3 Å². The van der Waals surface area contributed by atoms with E-state index in [1.807, 2.05) is 25.1 Å². The fraction of sp³-hybridized carbons (Fsp3) is 0.515. The van der Waals surface area contributed by atoms with Gasteiger partial charge < -0.3 is 14.9 Å². The van der Waals surface area contributed by atoms with E-state index in [1.54, 1.807) is 6.08 Å². The molecule has 0 bridgehead atoms. The van der Waals surface area contributed by atoms with Crippen LogP contribution in [0.25, 0.3) is 11.1 Å². The number of aryl methyl sites for hydroxylation is 1. The lowest BCUT2D eigenvalue weighted by Gasteiger charge is -2.41. The molecule has 0 unspecified atom stereocenters. The molecule has 0 radical (unpaired) electrons. The first-order valence-electron chi connectivity index (χ1n) is 14.5. The number of aliphatic hydroxyl groups excluding tert-OH is 1. The Bertz CT molecular complexity index is 1220. The highest BCUT2D eigenvalue weighted by Gasteiger charge is 2.50. The van der Waals surface area contributed by atoms with E-state index in [9.17, 15) is 14.7 Å². The summed E-state index contributed by atoms with van der Waals surface area (Å²) in [5.74, 6) is 0.414. The number of nitrogens with zero attached hydrogens (tertiary/aromatic N) is 2. The van der Waals surface area contributed by atoms with Gasteiger partial charge in [-0.25, -0.2) is 0 Å². The molecule has 5 heteroatoms. The summed E-state index contributed by atoms with van der Waals surface area (Å²) >= 11 is 0. The van der Waals surface area contributed by atoms with E-state index in [2.05, 4.69) is 47.9 Å². The smallest absolute Gasteiger partial charge is 0.229 e. The maximum absolute atomic E-state index is 13.6. The largest absolute Gasteiger partial charge is 0.393 e. The number of piperidine rings is 1. The second-order valence-electron chi connectivity index (χ2n) is 11.8. The highest BCUT2D eigenvalue weighted by Crippen LogP contribution is 2.45. The molecule has 38 heavy (non-hydrogen) atoms. The highest BCUT2D eigenvalue weighted by molar-refractivity contribution is 6.05. The van der Waals surface area contributed by atoms with Gasteiger partial charge >= 0.3 is 0 Å². The van der Waals surface area contributed by atoms with Crippen LogP contribution in [-0.2, 0) is 4.79 Å². The fourth-order valence-electron chi connectivity index (χ4n) is 6.60. The third-order valence-electron chi connectivity index (χ3n) is 9.34. The van der Waals surface area contributed by atoms with Crippen LogP contribution in [0.5, 0.6) is 0 Å². The molecule has 2 aliphatic heterocycles. The normalized spacial score (nSPS) is 23.8. The monoisotopic (exact) mass is 514 g/mol. The average Bonchev–Trinajstić information content (AvgIpc) is 3.25. The SMILES string of the molecule is CC/C(C)=C/C(=O)c1cccc(-c2ccc(C)c(N3CCC4(CC3)CCN([C@H]3CC[C@@H](O)CC3)C4=O)c2)c1. The Balaban J connectivity index is 1.29. The summed E-state index contributed by atoms with van der Waals surface area (Å²) in [4.78, 5) is 30.9. The van der Waals surface area contributed by atoms with Gasteiger partial charge in [0.05, 0.1) is 11.5 Å². The lowest BCUT2D eigenvalue weighted by Crippen LogP contribution is -2.47. The zero-order valence-corrected chi connectivity index (χ0v) is 23.2. The molecule has 2 aromatic rings. The van der Waals surface area contributed by atoms with Crippen molar-refractivity contribution < 1.29 is 14.7 Å². The molecule has 5 rings (SSSR count). The molecule has 0 aromatic heterocycles. The summed E-state index contributed by atoms with van der Waals surface area (Å²) in [5.41, 5.74) is 6.21. The Hall–Kier alpha value is -2.92. The van der Waals surface area contributed by atoms with Crippen LogP contribution in [0.3, 0.4) is 0 Å². The molecular weight excluding hydrogens is 472 g/mol. The first-order chi connectivity index (χ1) is 18.3. The number of carbonyl (C=O) groups is 2. The molecular formula is C33H42N2O3. The van der Waals surface area contributed by atoms with Crippen molar-refractivity contribution in [3.63, 3.8) is 0 Å². The van der Waals surface area contributed by atoms with Gasteiger partial charge in [0, 0.05) is 36.9 Å². The molecule has 1 aliphatic carbocycles. The van der Waals surface area contributed by atoms with E-state index >= 15 is 0 Å². The molecule has 2 saturated heterocycles. The molecule has 1 saturated carbocycles. The Morgan fingerprint density at radius 2 is 1.68 bits per heavy atom. The molecule has 3 fully saturated rings. The minimum atomic E-state index is -0.211. The van der Waals surface area contributed by atoms with Crippen LogP contribution in [0.1, 0.15) is 81.1 Å². The molecule has 1 spiro atoms. The number of anilines is 1. The summed E-state index contributed by atoms with van der Waals surface area (Å²) in [5, 5.41) is 9.88. The second kappa shape index (κ2) is 11.1. The van der Waals surface area contributed by atoms with Crippen molar-refractivity contribution in [2.24, 2.45) is 5.41 Å². The molecule has 0 atom stereocenters. The zero-order chi connectivity index (χ0) is 26.9. The van der Waals surface area contributed by atoms with Crippen LogP contribution >= 0.6 is 0 Å². The van der Waals surface area contributed by atoms with E-state index < -0.39 is 0 Å². The number of likely N-dealkylation sites (tertiary alicyclic amines) is 1. The van der Waals surface area contributed by atoms with Crippen molar-refractivity contribution in [3.8, 4) is 11.1 Å². The average molecular weight is 515 g/mol. The second-order valence-corrected chi connectivity index (χ2v) is 11.8. The van der Waals surface area contributed by atoms with Gasteiger partial charge in [-0.15, -0.1) is 0 Å². The van der Waals surface area contributed by atoms with Gasteiger partial charge in [-0.05, 0) is 100 Å². The summed E-state index contributed by atoms with van der Waals surface area (Å²) in [6.45, 7) is 8.85. The summed E-state index contributed by atoms with van der Waals surface area (Å²) in [6, 6.07) is 14.8. The minimum absolute atomic E-state index is 0.0551. The van der Waals surface area contributed by atoms with Gasteiger partial charge in [0.25, 0.3) is 0 Å². The molecule has 3 aliphatic rings. The van der Waals surface area contributed by atoms with E-state index in [0.717, 1.165) is 87.7 Å². The maximum Gasteiger partial charge on any atom is 0.229 e. The van der Waals surface area contributed by atoms with Crippen molar-refractivity contribution in [3.05, 3.63) is 65.2 Å². The first-order valence-corrected chi connectivity index (χ1v) is 14.5. The van der Waals surface area contributed by atoms with Crippen molar-refractivity contribution in [2.75, 3.05) is 24.5 Å². The number of allylic oxidation sites excluding steroid dienone is 2. The van der Waals surface area contributed by atoms with Crippen LogP contribution in [0, 0.1) is 12.3 Å². The summed E-state index contributed by atoms with van der Waals surface area (Å²) in [6.07, 6.45) is 8.68. The van der Waals surface area contributed by atoms with Gasteiger partial charge in [-0.3, -0.25) is 9.59 Å². The van der Waals surface area contributed by atoms with Crippen molar-refractivity contribution in [1.29, 1.82) is 0 Å². The lowest BCUT2D eigenvalue weighted by atomic mass is 9.76. The first kappa shape index (κ1) is 26.7. The Morgan fingerprint density at radius 3 is 2.39 bits per heavy atom. The molecule has 2 aromatic carbocycles. The lowest BCUT2D eigenvalue weighted by molar-refractivity contribution is -0.139.